The molecule has 1 fully saturated rings. The van der Waals surface area contributed by atoms with Gasteiger partial charge in [0.2, 0.25) is 15.9 Å². The topological polar surface area (TPSA) is 98.5 Å². The molecule has 6 nitrogen and oxygen atoms in total. The number of anilines is 1. The highest BCUT2D eigenvalue weighted by molar-refractivity contribution is 7.99. The molecule has 1 aliphatic rings. The summed E-state index contributed by atoms with van der Waals surface area (Å²) < 4.78 is 27.9. The van der Waals surface area contributed by atoms with Crippen LogP contribution in [-0.2, 0) is 14.8 Å². The van der Waals surface area contributed by atoms with Gasteiger partial charge in [0.15, 0.2) is 0 Å². The molecule has 3 N–H and O–H groups in total. The molecule has 1 aromatic carbocycles. The Bertz CT molecular complexity index is 610. The fourth-order valence-corrected chi connectivity index (χ4v) is 3.91. The van der Waals surface area contributed by atoms with Crippen molar-refractivity contribution in [3.8, 4) is 5.75 Å². The first-order chi connectivity index (χ1) is 9.41. The average Bonchev–Trinajstić information content (AvgIpc) is 2.91. The second-order valence-corrected chi connectivity index (χ2v) is 7.14. The minimum absolute atomic E-state index is 0.0277. The standard InChI is InChI=1S/C12H16N2O4S2/c1-18-10-3-2-9(6-11(10)20(13,16)17)14-12(15)8-4-5-19-7-8/h2-3,6,8H,4-5,7H2,1H3,(H,14,15)(H2,13,16,17). The van der Waals surface area contributed by atoms with E-state index in [1.165, 1.54) is 19.2 Å². The van der Waals surface area contributed by atoms with Crippen molar-refractivity contribution in [1.82, 2.24) is 0 Å². The van der Waals surface area contributed by atoms with Crippen LogP contribution in [0.15, 0.2) is 23.1 Å². The molecule has 110 valence electrons. The van der Waals surface area contributed by atoms with Crippen molar-refractivity contribution in [2.75, 3.05) is 23.9 Å². The lowest BCUT2D eigenvalue weighted by molar-refractivity contribution is -0.119. The molecule has 1 atom stereocenters. The number of nitrogens with one attached hydrogen (secondary N) is 1. The summed E-state index contributed by atoms with van der Waals surface area (Å²) in [5.74, 6) is 1.80. The van der Waals surface area contributed by atoms with Crippen molar-refractivity contribution in [3.05, 3.63) is 18.2 Å². The van der Waals surface area contributed by atoms with Gasteiger partial charge in [-0.1, -0.05) is 0 Å². The number of carbonyl (C=O) groups is 1. The predicted molar refractivity (Wildman–Crippen MR) is 78.4 cm³/mol. The molecular weight excluding hydrogens is 300 g/mol. The van der Waals surface area contributed by atoms with Crippen molar-refractivity contribution in [1.29, 1.82) is 0 Å². The lowest BCUT2D eigenvalue weighted by atomic mass is 10.1. The summed E-state index contributed by atoms with van der Waals surface area (Å²) in [6.07, 6.45) is 0.842. The number of hydrogen-bond acceptors (Lipinski definition) is 5. The summed E-state index contributed by atoms with van der Waals surface area (Å²) in [5, 5.41) is 7.85. The first-order valence-electron chi connectivity index (χ1n) is 6.01. The summed E-state index contributed by atoms with van der Waals surface area (Å²) in [5.41, 5.74) is 0.400. The van der Waals surface area contributed by atoms with Crippen LogP contribution in [0.3, 0.4) is 0 Å². The Balaban J connectivity index is 2.23. The van der Waals surface area contributed by atoms with Crippen molar-refractivity contribution in [3.63, 3.8) is 0 Å². The molecule has 8 heteroatoms. The van der Waals surface area contributed by atoms with E-state index in [1.54, 1.807) is 17.8 Å². The van der Waals surface area contributed by atoms with Crippen molar-refractivity contribution >= 4 is 33.4 Å². The Morgan fingerprint density at radius 3 is 2.80 bits per heavy atom. The zero-order valence-corrected chi connectivity index (χ0v) is 12.6. The number of ether oxygens (including phenoxy) is 1. The number of thioether (sulfide) groups is 1. The number of nitrogens with two attached hydrogens (primary N) is 1. The van der Waals surface area contributed by atoms with Crippen molar-refractivity contribution in [2.45, 2.75) is 11.3 Å². The van der Waals surface area contributed by atoms with Gasteiger partial charge in [-0.25, -0.2) is 13.6 Å². The highest BCUT2D eigenvalue weighted by Crippen LogP contribution is 2.28. The van der Waals surface area contributed by atoms with Gasteiger partial charge >= 0.3 is 0 Å². The third kappa shape index (κ3) is 3.44. The maximum atomic E-state index is 12.0. The maximum Gasteiger partial charge on any atom is 0.241 e. The van der Waals surface area contributed by atoms with E-state index < -0.39 is 10.0 Å². The molecule has 2 rings (SSSR count). The lowest BCUT2D eigenvalue weighted by Crippen LogP contribution is -2.22. The van der Waals surface area contributed by atoms with Crippen LogP contribution in [0.2, 0.25) is 0 Å². The van der Waals surface area contributed by atoms with Crippen molar-refractivity contribution in [2.24, 2.45) is 11.1 Å². The Hall–Kier alpha value is -1.25. The maximum absolute atomic E-state index is 12.0. The van der Waals surface area contributed by atoms with Gasteiger partial charge in [0, 0.05) is 17.4 Å². The van der Waals surface area contributed by atoms with Gasteiger partial charge in [-0.15, -0.1) is 0 Å². The van der Waals surface area contributed by atoms with Crippen molar-refractivity contribution < 1.29 is 17.9 Å². The fraction of sp³-hybridized carbons (Fsp3) is 0.417. The zero-order valence-electron chi connectivity index (χ0n) is 11.0. The molecule has 20 heavy (non-hydrogen) atoms. The largest absolute Gasteiger partial charge is 0.495 e. The van der Waals surface area contributed by atoms with E-state index in [0.29, 0.717) is 5.69 Å². The van der Waals surface area contributed by atoms with Gasteiger partial charge in [0.25, 0.3) is 0 Å². The SMILES string of the molecule is COc1ccc(NC(=O)C2CCSC2)cc1S(N)(=O)=O. The van der Waals surface area contributed by atoms with Gasteiger partial charge in [0.1, 0.15) is 10.6 Å². The quantitative estimate of drug-likeness (QED) is 0.864. The second-order valence-electron chi connectivity index (χ2n) is 4.46. The predicted octanol–water partition coefficient (Wildman–Crippen LogP) is 1.03. The van der Waals surface area contributed by atoms with Crippen LogP contribution < -0.4 is 15.2 Å². The molecule has 0 radical (unpaired) electrons. The second kappa shape index (κ2) is 6.02. The third-order valence-electron chi connectivity index (χ3n) is 3.04. The van der Waals surface area contributed by atoms with Crippen LogP contribution in [0.4, 0.5) is 5.69 Å². The summed E-state index contributed by atoms with van der Waals surface area (Å²) in [4.78, 5) is 11.9. The van der Waals surface area contributed by atoms with Crippen LogP contribution in [0, 0.1) is 5.92 Å². The molecule has 1 amide bonds. The van der Waals surface area contributed by atoms with Gasteiger partial charge in [-0.3, -0.25) is 4.79 Å². The Morgan fingerprint density at radius 1 is 1.50 bits per heavy atom. The highest BCUT2D eigenvalue weighted by atomic mass is 32.2. The molecular formula is C12H16N2O4S2. The van der Waals surface area contributed by atoms with Gasteiger partial charge < -0.3 is 10.1 Å². The third-order valence-corrected chi connectivity index (χ3v) is 5.13. The molecule has 0 spiro atoms. The summed E-state index contributed by atoms with van der Waals surface area (Å²) in [6, 6.07) is 4.38. The van der Waals surface area contributed by atoms with E-state index in [9.17, 15) is 13.2 Å². The molecule has 1 heterocycles. The van der Waals surface area contributed by atoms with Gasteiger partial charge in [-0.05, 0) is 30.4 Å². The monoisotopic (exact) mass is 316 g/mol. The number of benzene rings is 1. The van der Waals surface area contributed by atoms with E-state index in [-0.39, 0.29) is 22.5 Å². The number of primary sulfonamides is 1. The minimum atomic E-state index is -3.90. The smallest absolute Gasteiger partial charge is 0.241 e. The van der Waals surface area contributed by atoms with Crippen LogP contribution >= 0.6 is 11.8 Å². The molecule has 1 aliphatic heterocycles. The molecule has 0 saturated carbocycles. The van der Waals surface area contributed by atoms with E-state index in [4.69, 9.17) is 9.88 Å². The van der Waals surface area contributed by atoms with Gasteiger partial charge in [0.05, 0.1) is 7.11 Å². The fourth-order valence-electron chi connectivity index (χ4n) is 1.96. The zero-order chi connectivity index (χ0) is 14.8. The number of sulfonamides is 1. The summed E-state index contributed by atoms with van der Waals surface area (Å²) >= 11 is 1.74. The Morgan fingerprint density at radius 2 is 2.25 bits per heavy atom. The Labute approximate surface area is 122 Å². The van der Waals surface area contributed by atoms with E-state index in [2.05, 4.69) is 5.32 Å². The number of amides is 1. The minimum Gasteiger partial charge on any atom is -0.495 e. The average molecular weight is 316 g/mol. The number of rotatable bonds is 4. The molecule has 0 bridgehead atoms. The first-order valence-corrected chi connectivity index (χ1v) is 8.71. The number of carbonyl (C=O) groups excluding carboxylic acids is 1. The first kappa shape index (κ1) is 15.1. The number of hydrogen-bond donors (Lipinski definition) is 2. The molecule has 1 saturated heterocycles. The van der Waals surface area contributed by atoms with Crippen LogP contribution in [0.25, 0.3) is 0 Å². The highest BCUT2D eigenvalue weighted by Gasteiger charge is 2.24. The van der Waals surface area contributed by atoms with E-state index in [0.717, 1.165) is 17.9 Å². The van der Waals surface area contributed by atoms with E-state index >= 15 is 0 Å². The summed E-state index contributed by atoms with van der Waals surface area (Å²) in [6.45, 7) is 0. The Kier molecular flexibility index (Phi) is 4.56. The van der Waals surface area contributed by atoms with E-state index in [1.807, 2.05) is 0 Å². The normalized spacial score (nSPS) is 18.8. The van der Waals surface area contributed by atoms with Gasteiger partial charge in [-0.2, -0.15) is 11.8 Å². The molecule has 0 aliphatic carbocycles. The number of methoxy groups -OCH3 is 1. The molecule has 1 aromatic rings. The summed E-state index contributed by atoms with van der Waals surface area (Å²) in [7, 11) is -2.54. The molecule has 0 aromatic heterocycles. The van der Waals surface area contributed by atoms with Crippen LogP contribution in [0.1, 0.15) is 6.42 Å². The lowest BCUT2D eigenvalue weighted by Gasteiger charge is -2.12. The molecule has 1 unspecified atom stereocenters. The van der Waals surface area contributed by atoms with Crippen LogP contribution in [0.5, 0.6) is 5.75 Å². The van der Waals surface area contributed by atoms with Crippen LogP contribution in [-0.4, -0.2) is 32.9 Å².